The molecule has 7 heteroatoms. The summed E-state index contributed by atoms with van der Waals surface area (Å²) in [5.41, 5.74) is 6.09. The lowest BCUT2D eigenvalue weighted by atomic mass is 10.0. The molecule has 0 aliphatic heterocycles. The Balaban J connectivity index is 1.31. The first kappa shape index (κ1) is 15.7. The Hall–Kier alpha value is -3.48. The number of benzene rings is 2. The van der Waals surface area contributed by atoms with Crippen molar-refractivity contribution in [1.29, 1.82) is 0 Å². The second-order valence-corrected chi connectivity index (χ2v) is 6.76. The third-order valence-electron chi connectivity index (χ3n) is 4.98. The summed E-state index contributed by atoms with van der Waals surface area (Å²) in [5, 5.41) is 15.0. The van der Waals surface area contributed by atoms with Crippen molar-refractivity contribution in [2.24, 2.45) is 0 Å². The Bertz CT molecular complexity index is 1110. The molecule has 0 fully saturated rings. The summed E-state index contributed by atoms with van der Waals surface area (Å²) in [5.74, 6) is -0.0756. The fourth-order valence-corrected chi connectivity index (χ4v) is 3.64. The van der Waals surface area contributed by atoms with Crippen LogP contribution in [0.5, 0.6) is 0 Å². The van der Waals surface area contributed by atoms with Crippen LogP contribution in [0, 0.1) is 0 Å². The quantitative estimate of drug-likeness (QED) is 0.605. The van der Waals surface area contributed by atoms with E-state index in [1.165, 1.54) is 23.9 Å². The van der Waals surface area contributed by atoms with Crippen molar-refractivity contribution in [3.63, 3.8) is 0 Å². The monoisotopic (exact) mass is 359 g/mol. The van der Waals surface area contributed by atoms with Crippen LogP contribution in [0.2, 0.25) is 0 Å². The van der Waals surface area contributed by atoms with Crippen LogP contribution in [0.4, 0.5) is 5.69 Å². The van der Waals surface area contributed by atoms with Crippen molar-refractivity contribution in [3.8, 4) is 5.69 Å². The lowest BCUT2D eigenvalue weighted by Crippen LogP contribution is -2.14. The average molecular weight is 359 g/mol. The molecule has 1 N–H and O–H groups in total. The molecule has 5 rings (SSSR count). The van der Waals surface area contributed by atoms with Gasteiger partial charge in [-0.2, -0.15) is 0 Å². The van der Waals surface area contributed by atoms with Gasteiger partial charge >= 0.3 is 0 Å². The molecule has 2 aromatic heterocycles. The van der Waals surface area contributed by atoms with Gasteiger partial charge in [0.25, 0.3) is 0 Å². The summed E-state index contributed by atoms with van der Waals surface area (Å²) in [6, 6.07) is 11.7. The van der Waals surface area contributed by atoms with Crippen molar-refractivity contribution in [1.82, 2.24) is 20.2 Å². The van der Waals surface area contributed by atoms with Crippen LogP contribution in [-0.2, 0) is 24.1 Å². The predicted octanol–water partition coefficient (Wildman–Crippen LogP) is 3.08. The minimum absolute atomic E-state index is 0.0756. The number of tetrazole rings is 1. The van der Waals surface area contributed by atoms with Gasteiger partial charge in [0.1, 0.15) is 11.9 Å². The topological polar surface area (TPSA) is 85.8 Å². The number of aryl methyl sites for hydroxylation is 2. The molecular weight excluding hydrogens is 342 g/mol. The van der Waals surface area contributed by atoms with E-state index >= 15 is 0 Å². The smallest absolute Gasteiger partial charge is 0.228 e. The first-order valence-electron chi connectivity index (χ1n) is 8.91. The van der Waals surface area contributed by atoms with Crippen LogP contribution in [0.1, 0.15) is 23.1 Å². The second-order valence-electron chi connectivity index (χ2n) is 6.76. The Morgan fingerprint density at radius 3 is 2.74 bits per heavy atom. The van der Waals surface area contributed by atoms with Gasteiger partial charge in [-0.05, 0) is 77.2 Å². The van der Waals surface area contributed by atoms with Gasteiger partial charge in [-0.15, -0.1) is 5.10 Å². The molecule has 1 aliphatic carbocycles. The fourth-order valence-electron chi connectivity index (χ4n) is 3.64. The van der Waals surface area contributed by atoms with Crippen molar-refractivity contribution in [3.05, 3.63) is 65.7 Å². The zero-order valence-corrected chi connectivity index (χ0v) is 14.6. The summed E-state index contributed by atoms with van der Waals surface area (Å²) >= 11 is 0. The number of nitrogens with zero attached hydrogens (tertiary/aromatic N) is 4. The maximum absolute atomic E-state index is 12.5. The Morgan fingerprint density at radius 2 is 1.96 bits per heavy atom. The van der Waals surface area contributed by atoms with E-state index in [4.69, 9.17) is 4.42 Å². The highest BCUT2D eigenvalue weighted by atomic mass is 16.3. The fraction of sp³-hybridized carbons (Fsp3) is 0.200. The highest BCUT2D eigenvalue weighted by molar-refractivity contribution is 5.95. The molecule has 7 nitrogen and oxygen atoms in total. The Kier molecular flexibility index (Phi) is 3.71. The van der Waals surface area contributed by atoms with Gasteiger partial charge < -0.3 is 9.73 Å². The van der Waals surface area contributed by atoms with Crippen LogP contribution in [0.25, 0.3) is 16.7 Å². The number of amides is 1. The maximum atomic E-state index is 12.5. The van der Waals surface area contributed by atoms with Gasteiger partial charge in [-0.3, -0.25) is 4.79 Å². The molecule has 0 saturated heterocycles. The maximum Gasteiger partial charge on any atom is 0.228 e. The zero-order chi connectivity index (χ0) is 18.2. The van der Waals surface area contributed by atoms with Gasteiger partial charge in [-0.1, -0.05) is 0 Å². The second kappa shape index (κ2) is 6.35. The molecule has 0 unspecified atom stereocenters. The number of furan rings is 1. The van der Waals surface area contributed by atoms with E-state index in [1.807, 2.05) is 24.3 Å². The van der Waals surface area contributed by atoms with E-state index < -0.39 is 0 Å². The summed E-state index contributed by atoms with van der Waals surface area (Å²) in [7, 11) is 0. The minimum atomic E-state index is -0.0756. The molecule has 0 spiro atoms. The average Bonchev–Trinajstić information content (AvgIpc) is 3.42. The molecule has 4 aromatic rings. The summed E-state index contributed by atoms with van der Waals surface area (Å²) in [6.45, 7) is 0. The van der Waals surface area contributed by atoms with Crippen LogP contribution >= 0.6 is 0 Å². The van der Waals surface area contributed by atoms with E-state index in [9.17, 15) is 4.79 Å². The van der Waals surface area contributed by atoms with Crippen LogP contribution in [0.3, 0.4) is 0 Å². The lowest BCUT2D eigenvalue weighted by Gasteiger charge is -2.06. The minimum Gasteiger partial charge on any atom is -0.464 e. The first-order chi connectivity index (χ1) is 13.3. The predicted molar refractivity (Wildman–Crippen MR) is 99.7 cm³/mol. The van der Waals surface area contributed by atoms with Gasteiger partial charge in [0.05, 0.1) is 18.4 Å². The number of hydrogen-bond acceptors (Lipinski definition) is 5. The summed E-state index contributed by atoms with van der Waals surface area (Å²) < 4.78 is 7.24. The van der Waals surface area contributed by atoms with Crippen molar-refractivity contribution in [2.75, 3.05) is 5.32 Å². The number of aromatic nitrogens is 4. The van der Waals surface area contributed by atoms with Crippen molar-refractivity contribution in [2.45, 2.75) is 25.7 Å². The number of fused-ring (bicyclic) bond motifs is 2. The Labute approximate surface area is 155 Å². The molecule has 2 aromatic carbocycles. The normalized spacial score (nSPS) is 13.0. The van der Waals surface area contributed by atoms with Crippen molar-refractivity contribution < 1.29 is 9.21 Å². The molecule has 1 aliphatic rings. The molecule has 1 amide bonds. The number of carbonyl (C=O) groups excluding carboxylic acids is 1. The van der Waals surface area contributed by atoms with Gasteiger partial charge in [0.15, 0.2) is 0 Å². The Morgan fingerprint density at radius 1 is 1.15 bits per heavy atom. The van der Waals surface area contributed by atoms with Gasteiger partial charge in [0.2, 0.25) is 5.91 Å². The molecule has 0 atom stereocenters. The standard InChI is InChI=1S/C20H17N5O2/c26-20(22-16-4-6-17(7-5-16)25-12-21-23-24-25)10-15-11-27-19-9-14-3-1-2-13(14)8-18(15)19/h4-9,11-12H,1-3,10H2,(H,22,26). The van der Waals surface area contributed by atoms with Crippen molar-refractivity contribution >= 4 is 22.6 Å². The lowest BCUT2D eigenvalue weighted by molar-refractivity contribution is -0.115. The van der Waals surface area contributed by atoms with E-state index in [2.05, 4.69) is 33.0 Å². The number of hydrogen-bond donors (Lipinski definition) is 1. The van der Waals surface area contributed by atoms with Gasteiger partial charge in [0, 0.05) is 16.6 Å². The molecular formula is C20H17N5O2. The molecule has 0 radical (unpaired) electrons. The molecule has 2 heterocycles. The number of rotatable bonds is 4. The van der Waals surface area contributed by atoms with E-state index in [0.29, 0.717) is 0 Å². The summed E-state index contributed by atoms with van der Waals surface area (Å²) in [6.07, 6.45) is 6.91. The first-order valence-corrected chi connectivity index (χ1v) is 8.91. The van der Waals surface area contributed by atoms with Crippen LogP contribution in [-0.4, -0.2) is 26.1 Å². The highest BCUT2D eigenvalue weighted by Gasteiger charge is 2.16. The third kappa shape index (κ3) is 2.97. The van der Waals surface area contributed by atoms with Crippen LogP contribution in [0.15, 0.2) is 53.4 Å². The molecule has 0 bridgehead atoms. The number of anilines is 1. The van der Waals surface area contributed by atoms with Gasteiger partial charge in [-0.25, -0.2) is 4.68 Å². The summed E-state index contributed by atoms with van der Waals surface area (Å²) in [4.78, 5) is 12.5. The number of carbonyl (C=O) groups is 1. The van der Waals surface area contributed by atoms with E-state index in [1.54, 1.807) is 10.9 Å². The van der Waals surface area contributed by atoms with Crippen LogP contribution < -0.4 is 5.32 Å². The molecule has 0 saturated carbocycles. The number of nitrogens with one attached hydrogen (secondary N) is 1. The molecule has 134 valence electrons. The third-order valence-corrected chi connectivity index (χ3v) is 4.98. The molecule has 27 heavy (non-hydrogen) atoms. The van der Waals surface area contributed by atoms with E-state index in [-0.39, 0.29) is 12.3 Å². The van der Waals surface area contributed by atoms with E-state index in [0.717, 1.165) is 40.7 Å². The largest absolute Gasteiger partial charge is 0.464 e. The SMILES string of the molecule is O=C(Cc1coc2cc3c(cc12)CCC3)Nc1ccc(-n2cnnn2)cc1. The zero-order valence-electron chi connectivity index (χ0n) is 14.6. The highest BCUT2D eigenvalue weighted by Crippen LogP contribution is 2.30.